The van der Waals surface area contributed by atoms with Crippen molar-refractivity contribution in [2.24, 2.45) is 0 Å². The van der Waals surface area contributed by atoms with Crippen LogP contribution in [0.25, 0.3) is 11.0 Å². The van der Waals surface area contributed by atoms with Gasteiger partial charge in [0.05, 0.1) is 22.4 Å². The average Bonchev–Trinajstić information content (AvgIpc) is 3.07. The molecule has 1 saturated heterocycles. The largest absolute Gasteiger partial charge is 0.360 e. The highest BCUT2D eigenvalue weighted by atomic mass is 32.2. The highest BCUT2D eigenvalue weighted by molar-refractivity contribution is 7.89. The molecule has 3 aromatic rings. The van der Waals surface area contributed by atoms with Crippen LogP contribution in [0.2, 0.25) is 0 Å². The number of hydrogen-bond acceptors (Lipinski definition) is 7. The topological polar surface area (TPSA) is 118 Å². The summed E-state index contributed by atoms with van der Waals surface area (Å²) in [5, 5.41) is 6.77. The Kier molecular flexibility index (Phi) is 5.52. The van der Waals surface area contributed by atoms with Crippen LogP contribution in [0.4, 0.5) is 0 Å². The van der Waals surface area contributed by atoms with E-state index in [0.717, 1.165) is 16.9 Å². The molecule has 1 fully saturated rings. The van der Waals surface area contributed by atoms with E-state index in [1.165, 1.54) is 4.31 Å². The molecule has 0 radical (unpaired) electrons. The lowest BCUT2D eigenvalue weighted by Gasteiger charge is -2.31. The molecule has 0 unspecified atom stereocenters. The van der Waals surface area contributed by atoms with Gasteiger partial charge in [-0.2, -0.15) is 4.31 Å². The van der Waals surface area contributed by atoms with Gasteiger partial charge in [0.15, 0.2) is 5.76 Å². The van der Waals surface area contributed by atoms with Gasteiger partial charge in [-0.1, -0.05) is 5.16 Å². The van der Waals surface area contributed by atoms with Gasteiger partial charge in [0.25, 0.3) is 5.91 Å². The molecule has 1 N–H and O–H groups in total. The summed E-state index contributed by atoms with van der Waals surface area (Å²) in [5.74, 6) is 0.0896. The maximum atomic E-state index is 12.9. The third kappa shape index (κ3) is 4.05. The molecule has 1 aliphatic rings. The first kappa shape index (κ1) is 21.4. The van der Waals surface area contributed by atoms with Crippen LogP contribution in [0.3, 0.4) is 0 Å². The molecule has 0 aliphatic carbocycles. The standard InChI is InChI=1S/C21H25N5O4S/c1-12-13(2)23-19-11-16(5-6-18(19)22-12)21(27)24-17-7-9-26(10-8-17)31(28,29)20-14(3)25-30-15(20)4/h5-6,11,17H,7-10H2,1-4H3,(H,24,27). The number of hydrogen-bond donors (Lipinski definition) is 1. The van der Waals surface area contributed by atoms with E-state index >= 15 is 0 Å². The monoisotopic (exact) mass is 443 g/mol. The van der Waals surface area contributed by atoms with Crippen molar-refractivity contribution in [1.29, 1.82) is 0 Å². The minimum absolute atomic E-state index is 0.106. The molecule has 0 atom stereocenters. The van der Waals surface area contributed by atoms with Crippen LogP contribution in [0.1, 0.15) is 46.0 Å². The van der Waals surface area contributed by atoms with Crippen molar-refractivity contribution in [3.63, 3.8) is 0 Å². The Balaban J connectivity index is 1.42. The van der Waals surface area contributed by atoms with Crippen molar-refractivity contribution in [2.45, 2.75) is 51.5 Å². The minimum atomic E-state index is -3.67. The first-order chi connectivity index (χ1) is 14.7. The van der Waals surface area contributed by atoms with Crippen LogP contribution in [0, 0.1) is 27.7 Å². The van der Waals surface area contributed by atoms with E-state index in [0.29, 0.717) is 42.7 Å². The Labute approximate surface area is 180 Å². The lowest BCUT2D eigenvalue weighted by molar-refractivity contribution is 0.0924. The molecule has 0 spiro atoms. The molecule has 1 aliphatic heterocycles. The molecule has 1 aromatic carbocycles. The minimum Gasteiger partial charge on any atom is -0.360 e. The number of benzene rings is 1. The molecular formula is C21H25N5O4S. The second-order valence-corrected chi connectivity index (χ2v) is 9.78. The zero-order chi connectivity index (χ0) is 22.3. The number of aryl methyl sites for hydroxylation is 4. The average molecular weight is 444 g/mol. The van der Waals surface area contributed by atoms with Crippen LogP contribution in [0.15, 0.2) is 27.6 Å². The first-order valence-corrected chi connectivity index (χ1v) is 11.6. The number of amides is 1. The predicted octanol–water partition coefficient (Wildman–Crippen LogP) is 2.43. The molecule has 9 nitrogen and oxygen atoms in total. The molecule has 0 saturated carbocycles. The second-order valence-electron chi connectivity index (χ2n) is 7.90. The smallest absolute Gasteiger partial charge is 0.251 e. The lowest BCUT2D eigenvalue weighted by atomic mass is 10.1. The van der Waals surface area contributed by atoms with Crippen molar-refractivity contribution in [3.8, 4) is 0 Å². The van der Waals surface area contributed by atoms with E-state index in [-0.39, 0.29) is 22.6 Å². The van der Waals surface area contributed by atoms with Gasteiger partial charge in [-0.25, -0.2) is 18.4 Å². The van der Waals surface area contributed by atoms with Crippen LogP contribution < -0.4 is 5.32 Å². The van der Waals surface area contributed by atoms with Crippen molar-refractivity contribution in [2.75, 3.05) is 13.1 Å². The maximum Gasteiger partial charge on any atom is 0.251 e. The highest BCUT2D eigenvalue weighted by Gasteiger charge is 2.34. The fourth-order valence-electron chi connectivity index (χ4n) is 3.85. The zero-order valence-corrected chi connectivity index (χ0v) is 18.8. The summed E-state index contributed by atoms with van der Waals surface area (Å²) < 4.78 is 32.3. The Bertz CT molecular complexity index is 1240. The summed E-state index contributed by atoms with van der Waals surface area (Å²) in [6, 6.07) is 5.16. The number of nitrogens with one attached hydrogen (secondary N) is 1. The van der Waals surface area contributed by atoms with Crippen molar-refractivity contribution in [1.82, 2.24) is 24.7 Å². The number of carbonyl (C=O) groups is 1. The van der Waals surface area contributed by atoms with Gasteiger partial charge in [-0.15, -0.1) is 0 Å². The number of fused-ring (bicyclic) bond motifs is 1. The molecule has 31 heavy (non-hydrogen) atoms. The highest BCUT2D eigenvalue weighted by Crippen LogP contribution is 2.26. The van der Waals surface area contributed by atoms with Crippen LogP contribution in [0.5, 0.6) is 0 Å². The van der Waals surface area contributed by atoms with Crippen molar-refractivity contribution >= 4 is 27.0 Å². The third-order valence-electron chi connectivity index (χ3n) is 5.69. The molecule has 1 amide bonds. The molecule has 3 heterocycles. The van der Waals surface area contributed by atoms with E-state index in [4.69, 9.17) is 4.52 Å². The molecular weight excluding hydrogens is 418 g/mol. The number of aromatic nitrogens is 3. The molecule has 164 valence electrons. The summed E-state index contributed by atoms with van der Waals surface area (Å²) >= 11 is 0. The van der Waals surface area contributed by atoms with E-state index in [9.17, 15) is 13.2 Å². The number of nitrogens with zero attached hydrogens (tertiary/aromatic N) is 4. The third-order valence-corrected chi connectivity index (χ3v) is 7.84. The molecule has 10 heteroatoms. The fraction of sp³-hybridized carbons (Fsp3) is 0.429. The first-order valence-electron chi connectivity index (χ1n) is 10.2. The predicted molar refractivity (Wildman–Crippen MR) is 114 cm³/mol. The summed E-state index contributed by atoms with van der Waals surface area (Å²) in [4.78, 5) is 21.9. The lowest BCUT2D eigenvalue weighted by Crippen LogP contribution is -2.46. The SMILES string of the molecule is Cc1nc2ccc(C(=O)NC3CCN(S(=O)(=O)c4c(C)noc4C)CC3)cc2nc1C. The van der Waals surface area contributed by atoms with Crippen LogP contribution >= 0.6 is 0 Å². The Hall–Kier alpha value is -2.85. The van der Waals surface area contributed by atoms with Crippen molar-refractivity contribution in [3.05, 3.63) is 46.6 Å². The van der Waals surface area contributed by atoms with E-state index in [1.807, 2.05) is 13.8 Å². The number of piperidine rings is 1. The summed E-state index contributed by atoms with van der Waals surface area (Å²) in [6.45, 7) is 7.64. The fourth-order valence-corrected chi connectivity index (χ4v) is 5.61. The quantitative estimate of drug-likeness (QED) is 0.658. The summed E-state index contributed by atoms with van der Waals surface area (Å²) in [5.41, 5.74) is 3.99. The van der Waals surface area contributed by atoms with E-state index in [1.54, 1.807) is 32.0 Å². The number of sulfonamides is 1. The van der Waals surface area contributed by atoms with E-state index in [2.05, 4.69) is 20.4 Å². The van der Waals surface area contributed by atoms with E-state index < -0.39 is 10.0 Å². The molecule has 2 aromatic heterocycles. The number of carbonyl (C=O) groups excluding carboxylic acids is 1. The Morgan fingerprint density at radius 1 is 1.03 bits per heavy atom. The van der Waals surface area contributed by atoms with Crippen molar-refractivity contribution < 1.29 is 17.7 Å². The number of rotatable bonds is 4. The second kappa shape index (κ2) is 8.01. The van der Waals surface area contributed by atoms with Gasteiger partial charge in [-0.3, -0.25) is 4.79 Å². The van der Waals surface area contributed by atoms with Gasteiger partial charge < -0.3 is 9.84 Å². The Morgan fingerprint density at radius 3 is 2.29 bits per heavy atom. The molecule has 0 bridgehead atoms. The van der Waals surface area contributed by atoms with Gasteiger partial charge in [-0.05, 0) is 58.7 Å². The van der Waals surface area contributed by atoms with Gasteiger partial charge >= 0.3 is 0 Å². The molecule has 4 rings (SSSR count). The van der Waals surface area contributed by atoms with Gasteiger partial charge in [0, 0.05) is 24.7 Å². The van der Waals surface area contributed by atoms with Gasteiger partial charge in [0.1, 0.15) is 10.6 Å². The zero-order valence-electron chi connectivity index (χ0n) is 18.0. The Morgan fingerprint density at radius 2 is 1.68 bits per heavy atom. The normalized spacial score (nSPS) is 16.0. The maximum absolute atomic E-state index is 12.9. The van der Waals surface area contributed by atoms with Crippen LogP contribution in [-0.4, -0.2) is 52.9 Å². The van der Waals surface area contributed by atoms with Gasteiger partial charge in [0.2, 0.25) is 10.0 Å². The summed E-state index contributed by atoms with van der Waals surface area (Å²) in [7, 11) is -3.67. The summed E-state index contributed by atoms with van der Waals surface area (Å²) in [6.07, 6.45) is 1.06. The van der Waals surface area contributed by atoms with Crippen LogP contribution in [-0.2, 0) is 10.0 Å².